The predicted octanol–water partition coefficient (Wildman–Crippen LogP) is 2.14. The first-order chi connectivity index (χ1) is 13.0. The van der Waals surface area contributed by atoms with Gasteiger partial charge < -0.3 is 15.1 Å². The van der Waals surface area contributed by atoms with E-state index in [-0.39, 0.29) is 5.97 Å². The lowest BCUT2D eigenvalue weighted by Crippen LogP contribution is -3.13. The number of quaternary nitrogens is 1. The molecule has 0 bridgehead atoms. The molecule has 1 heterocycles. The van der Waals surface area contributed by atoms with Gasteiger partial charge in [-0.2, -0.15) is 0 Å². The number of rotatable bonds is 6. The average Bonchev–Trinajstić information content (AvgIpc) is 2.65. The monoisotopic (exact) mass is 386 g/mol. The van der Waals surface area contributed by atoms with Gasteiger partial charge in [-0.05, 0) is 42.0 Å². The Morgan fingerprint density at radius 3 is 2.37 bits per heavy atom. The number of nitrogens with one attached hydrogen (secondary N) is 2. The number of benzene rings is 2. The maximum atomic E-state index is 11.0. The number of halogens is 1. The lowest BCUT2D eigenvalue weighted by atomic mass is 10.2. The van der Waals surface area contributed by atoms with Crippen molar-refractivity contribution in [2.75, 3.05) is 26.2 Å². The van der Waals surface area contributed by atoms with Crippen LogP contribution >= 0.6 is 11.6 Å². The highest BCUT2D eigenvalue weighted by Crippen LogP contribution is 2.16. The van der Waals surface area contributed by atoms with Crippen LogP contribution in [0.15, 0.2) is 55.1 Å². The number of ether oxygens (including phenoxy) is 1. The first-order valence-electron chi connectivity index (χ1n) is 9.07. The standard InChI is InChI=1S/C21H24ClN3O2/c1-16(19-5-9-21(10-6-19)27-17(2)26)23-25-13-11-24(12-14-25)15-18-3-7-20(22)8-4-18/h3-10,23H,1,11-15H2,2H3/p+1. The van der Waals surface area contributed by atoms with Gasteiger partial charge >= 0.3 is 5.97 Å². The SMILES string of the molecule is C=C(NN1CC[NH+](Cc2ccc(Cl)cc2)CC1)c1ccc(OC(C)=O)cc1. The highest BCUT2D eigenvalue weighted by molar-refractivity contribution is 6.30. The van der Waals surface area contributed by atoms with Crippen LogP contribution in [0.5, 0.6) is 5.75 Å². The molecule has 1 saturated heterocycles. The van der Waals surface area contributed by atoms with Crippen molar-refractivity contribution in [1.29, 1.82) is 0 Å². The van der Waals surface area contributed by atoms with E-state index in [9.17, 15) is 4.79 Å². The number of hydrogen-bond donors (Lipinski definition) is 2. The minimum atomic E-state index is -0.321. The smallest absolute Gasteiger partial charge is 0.308 e. The van der Waals surface area contributed by atoms with Crippen molar-refractivity contribution >= 4 is 23.3 Å². The molecule has 1 fully saturated rings. The first kappa shape index (κ1) is 19.4. The van der Waals surface area contributed by atoms with Crippen LogP contribution in [0.1, 0.15) is 18.1 Å². The number of nitrogens with zero attached hydrogens (tertiary/aromatic N) is 1. The summed E-state index contributed by atoms with van der Waals surface area (Å²) in [5.74, 6) is 0.220. The first-order valence-corrected chi connectivity index (χ1v) is 9.45. The van der Waals surface area contributed by atoms with Crippen molar-refractivity contribution in [3.8, 4) is 5.75 Å². The topological polar surface area (TPSA) is 46.0 Å². The summed E-state index contributed by atoms with van der Waals surface area (Å²) >= 11 is 5.95. The van der Waals surface area contributed by atoms with Crippen molar-refractivity contribution in [3.63, 3.8) is 0 Å². The van der Waals surface area contributed by atoms with Crippen LogP contribution in [0.2, 0.25) is 5.02 Å². The molecule has 0 aromatic heterocycles. The molecule has 0 unspecified atom stereocenters. The van der Waals surface area contributed by atoms with Gasteiger partial charge in [-0.15, -0.1) is 0 Å². The zero-order valence-electron chi connectivity index (χ0n) is 15.5. The van der Waals surface area contributed by atoms with Gasteiger partial charge in [-0.1, -0.05) is 30.3 Å². The molecule has 2 aromatic carbocycles. The lowest BCUT2D eigenvalue weighted by Gasteiger charge is -2.33. The summed E-state index contributed by atoms with van der Waals surface area (Å²) in [7, 11) is 0. The Hall–Kier alpha value is -2.34. The third-order valence-electron chi connectivity index (χ3n) is 4.60. The molecule has 0 atom stereocenters. The van der Waals surface area contributed by atoms with E-state index in [2.05, 4.69) is 29.1 Å². The van der Waals surface area contributed by atoms with Gasteiger partial charge in [0.1, 0.15) is 12.3 Å². The Bertz CT molecular complexity index is 782. The number of piperazine rings is 1. The van der Waals surface area contributed by atoms with Crippen molar-refractivity contribution in [3.05, 3.63) is 71.3 Å². The van der Waals surface area contributed by atoms with Crippen molar-refractivity contribution in [1.82, 2.24) is 10.4 Å². The fourth-order valence-corrected chi connectivity index (χ4v) is 3.27. The molecule has 0 amide bonds. The summed E-state index contributed by atoms with van der Waals surface area (Å²) in [6, 6.07) is 15.4. The maximum Gasteiger partial charge on any atom is 0.308 e. The van der Waals surface area contributed by atoms with Gasteiger partial charge in [0, 0.05) is 23.2 Å². The van der Waals surface area contributed by atoms with Gasteiger partial charge in [0.15, 0.2) is 0 Å². The minimum Gasteiger partial charge on any atom is -0.427 e. The second-order valence-electron chi connectivity index (χ2n) is 6.75. The van der Waals surface area contributed by atoms with E-state index < -0.39 is 0 Å². The predicted molar refractivity (Wildman–Crippen MR) is 107 cm³/mol. The number of carbonyl (C=O) groups excluding carboxylic acids is 1. The Balaban J connectivity index is 1.46. The van der Waals surface area contributed by atoms with E-state index in [1.165, 1.54) is 12.5 Å². The van der Waals surface area contributed by atoms with Gasteiger partial charge in [-0.25, -0.2) is 5.01 Å². The summed E-state index contributed by atoms with van der Waals surface area (Å²) < 4.78 is 5.06. The van der Waals surface area contributed by atoms with Gasteiger partial charge in [-0.3, -0.25) is 4.79 Å². The molecule has 0 radical (unpaired) electrons. The minimum absolute atomic E-state index is 0.321. The Labute approximate surface area is 165 Å². The van der Waals surface area contributed by atoms with E-state index in [1.807, 2.05) is 24.3 Å². The molecule has 142 valence electrons. The van der Waals surface area contributed by atoms with Gasteiger partial charge in [0.2, 0.25) is 0 Å². The number of carbonyl (C=O) groups is 1. The molecule has 1 aliphatic rings. The Kier molecular flexibility index (Phi) is 6.50. The molecule has 2 N–H and O–H groups in total. The molecule has 5 nitrogen and oxygen atoms in total. The molecule has 27 heavy (non-hydrogen) atoms. The molecular formula is C21H25ClN3O2+. The molecule has 1 aliphatic heterocycles. The number of hydrazine groups is 1. The van der Waals surface area contributed by atoms with Gasteiger partial charge in [0.25, 0.3) is 0 Å². The van der Waals surface area contributed by atoms with E-state index in [0.29, 0.717) is 5.75 Å². The fraction of sp³-hybridized carbons (Fsp3) is 0.286. The summed E-state index contributed by atoms with van der Waals surface area (Å²) in [5, 5.41) is 2.98. The highest BCUT2D eigenvalue weighted by atomic mass is 35.5. The molecule has 0 spiro atoms. The van der Waals surface area contributed by atoms with Crippen molar-refractivity contribution in [2.45, 2.75) is 13.5 Å². The molecule has 6 heteroatoms. The number of esters is 1. The highest BCUT2D eigenvalue weighted by Gasteiger charge is 2.20. The third-order valence-corrected chi connectivity index (χ3v) is 4.85. The summed E-state index contributed by atoms with van der Waals surface area (Å²) in [5.41, 5.74) is 6.51. The van der Waals surface area contributed by atoms with Gasteiger partial charge in [0.05, 0.1) is 26.2 Å². The van der Waals surface area contributed by atoms with Crippen molar-refractivity contribution < 1.29 is 14.4 Å². The Morgan fingerprint density at radius 2 is 1.78 bits per heavy atom. The van der Waals surface area contributed by atoms with Crippen LogP contribution < -0.4 is 15.1 Å². The van der Waals surface area contributed by atoms with Crippen LogP contribution in [-0.4, -0.2) is 37.2 Å². The van der Waals surface area contributed by atoms with Crippen LogP contribution in [0, 0.1) is 0 Å². The summed E-state index contributed by atoms with van der Waals surface area (Å²) in [6.07, 6.45) is 0. The van der Waals surface area contributed by atoms with Crippen LogP contribution in [0.4, 0.5) is 0 Å². The molecule has 0 aliphatic carbocycles. The molecule has 3 rings (SSSR count). The zero-order valence-corrected chi connectivity index (χ0v) is 16.3. The van der Waals surface area contributed by atoms with E-state index in [0.717, 1.165) is 49.0 Å². The summed E-state index contributed by atoms with van der Waals surface area (Å²) in [4.78, 5) is 12.5. The van der Waals surface area contributed by atoms with Crippen LogP contribution in [0.3, 0.4) is 0 Å². The normalized spacial score (nSPS) is 15.3. The Morgan fingerprint density at radius 1 is 1.15 bits per heavy atom. The maximum absolute atomic E-state index is 11.0. The second-order valence-corrected chi connectivity index (χ2v) is 7.19. The second kappa shape index (κ2) is 9.04. The quantitative estimate of drug-likeness (QED) is 0.590. The molecular weight excluding hydrogens is 362 g/mol. The van der Waals surface area contributed by atoms with E-state index >= 15 is 0 Å². The third kappa shape index (κ3) is 5.82. The fourth-order valence-electron chi connectivity index (χ4n) is 3.15. The van der Waals surface area contributed by atoms with E-state index in [4.69, 9.17) is 16.3 Å². The van der Waals surface area contributed by atoms with Crippen LogP contribution in [-0.2, 0) is 11.3 Å². The average molecular weight is 387 g/mol. The largest absolute Gasteiger partial charge is 0.427 e. The van der Waals surface area contributed by atoms with Crippen molar-refractivity contribution in [2.24, 2.45) is 0 Å². The molecule has 0 saturated carbocycles. The van der Waals surface area contributed by atoms with E-state index in [1.54, 1.807) is 17.0 Å². The zero-order chi connectivity index (χ0) is 19.2. The van der Waals surface area contributed by atoms with Crippen LogP contribution in [0.25, 0.3) is 5.70 Å². The number of hydrogen-bond acceptors (Lipinski definition) is 4. The summed E-state index contributed by atoms with van der Waals surface area (Å²) in [6.45, 7) is 10.6. The lowest BCUT2D eigenvalue weighted by molar-refractivity contribution is -0.918. The molecule has 2 aromatic rings.